The second-order valence-electron chi connectivity index (χ2n) is 16.0. The maximum absolute atomic E-state index is 12.6. The average Bonchev–Trinajstić information content (AvgIpc) is 3.25. The summed E-state index contributed by atoms with van der Waals surface area (Å²) < 4.78 is 17.2. The first kappa shape index (κ1) is 56.8. The Hall–Kier alpha value is -3.18. The van der Waals surface area contributed by atoms with Crippen molar-refractivity contribution in [3.63, 3.8) is 0 Å². The van der Waals surface area contributed by atoms with Crippen LogP contribution < -0.4 is 0 Å². The lowest BCUT2D eigenvalue weighted by molar-refractivity contribution is -0.162. The second kappa shape index (κ2) is 50.2. The quantitative estimate of drug-likeness (QED) is 0.0348. The fraction of sp³-hybridized carbons (Fsp3) is 0.673. The summed E-state index contributed by atoms with van der Waals surface area (Å²) in [4.78, 5) is 25.1. The molecule has 0 saturated carbocycles. The van der Waals surface area contributed by atoms with Gasteiger partial charge in [-0.15, -0.1) is 0 Å². The van der Waals surface area contributed by atoms with E-state index in [0.29, 0.717) is 25.9 Å². The Balaban J connectivity index is 4.15. The zero-order valence-corrected chi connectivity index (χ0v) is 39.2. The summed E-state index contributed by atoms with van der Waals surface area (Å²) >= 11 is 0. The third-order valence-electron chi connectivity index (χ3n) is 10.1. The summed E-state index contributed by atoms with van der Waals surface area (Å²) in [5, 5.41) is 0. The van der Waals surface area contributed by atoms with Crippen molar-refractivity contribution in [2.45, 2.75) is 219 Å². The third kappa shape index (κ3) is 47.5. The molecule has 1 atom stereocenters. The van der Waals surface area contributed by atoms with E-state index in [1.807, 2.05) is 6.08 Å². The molecule has 0 rings (SSSR count). The Morgan fingerprint density at radius 1 is 0.383 bits per heavy atom. The minimum atomic E-state index is -0.568. The highest BCUT2D eigenvalue weighted by molar-refractivity contribution is 5.70. The summed E-state index contributed by atoms with van der Waals surface area (Å²) in [5.41, 5.74) is 0. The summed E-state index contributed by atoms with van der Waals surface area (Å²) in [6, 6.07) is 0. The molecule has 0 radical (unpaired) electrons. The minimum Gasteiger partial charge on any atom is -0.462 e. The van der Waals surface area contributed by atoms with Crippen LogP contribution in [0.2, 0.25) is 0 Å². The van der Waals surface area contributed by atoms with Crippen molar-refractivity contribution in [2.75, 3.05) is 19.8 Å². The van der Waals surface area contributed by atoms with Crippen LogP contribution in [0.5, 0.6) is 0 Å². The van der Waals surface area contributed by atoms with Crippen LogP contribution in [0.4, 0.5) is 0 Å². The van der Waals surface area contributed by atoms with Crippen molar-refractivity contribution in [3.05, 3.63) is 97.2 Å². The molecule has 0 spiro atoms. The smallest absolute Gasteiger partial charge is 0.306 e. The predicted octanol–water partition coefficient (Wildman–Crippen LogP) is 16.7. The maximum Gasteiger partial charge on any atom is 0.306 e. The second-order valence-corrected chi connectivity index (χ2v) is 16.0. The molecular weight excluding hydrogens is 741 g/mol. The van der Waals surface area contributed by atoms with E-state index >= 15 is 0 Å². The molecule has 5 heteroatoms. The average molecular weight is 833 g/mol. The Morgan fingerprint density at radius 2 is 0.783 bits per heavy atom. The maximum atomic E-state index is 12.6. The molecule has 0 aromatic heterocycles. The van der Waals surface area contributed by atoms with Gasteiger partial charge in [0, 0.05) is 19.4 Å². The highest BCUT2D eigenvalue weighted by Gasteiger charge is 2.17. The number of carbonyl (C=O) groups excluding carboxylic acids is 2. The van der Waals surface area contributed by atoms with Crippen LogP contribution in [-0.2, 0) is 23.8 Å². The number of ether oxygens (including phenoxy) is 3. The highest BCUT2D eigenvalue weighted by atomic mass is 16.6. The molecule has 0 fully saturated rings. The van der Waals surface area contributed by atoms with Gasteiger partial charge in [-0.25, -0.2) is 0 Å². The van der Waals surface area contributed by atoms with Crippen LogP contribution in [0.1, 0.15) is 213 Å². The molecular formula is C55H92O5. The molecule has 0 aliphatic carbocycles. The van der Waals surface area contributed by atoms with Crippen LogP contribution in [-0.4, -0.2) is 37.9 Å². The summed E-state index contributed by atoms with van der Waals surface area (Å²) in [7, 11) is 0. The van der Waals surface area contributed by atoms with Gasteiger partial charge in [-0.1, -0.05) is 208 Å². The number of unbranched alkanes of at least 4 members (excludes halogenated alkanes) is 17. The first-order valence-corrected chi connectivity index (χ1v) is 24.8. The number of esters is 2. The number of rotatable bonds is 44. The van der Waals surface area contributed by atoms with Crippen molar-refractivity contribution in [2.24, 2.45) is 0 Å². The van der Waals surface area contributed by atoms with E-state index < -0.39 is 6.10 Å². The van der Waals surface area contributed by atoms with Gasteiger partial charge in [-0.2, -0.15) is 0 Å². The number of carbonyl (C=O) groups is 2. The lowest BCUT2D eigenvalue weighted by Gasteiger charge is -2.18. The molecule has 1 unspecified atom stereocenters. The lowest BCUT2D eigenvalue weighted by atomic mass is 10.1. The predicted molar refractivity (Wildman–Crippen MR) is 260 cm³/mol. The first-order valence-electron chi connectivity index (χ1n) is 24.8. The van der Waals surface area contributed by atoms with Gasteiger partial charge in [-0.3, -0.25) is 9.59 Å². The minimum absolute atomic E-state index is 0.0394. The van der Waals surface area contributed by atoms with E-state index in [9.17, 15) is 9.59 Å². The van der Waals surface area contributed by atoms with Crippen molar-refractivity contribution in [3.8, 4) is 0 Å². The molecule has 60 heavy (non-hydrogen) atoms. The van der Waals surface area contributed by atoms with Crippen LogP contribution in [0.15, 0.2) is 97.2 Å². The molecule has 0 bridgehead atoms. The van der Waals surface area contributed by atoms with Gasteiger partial charge in [0.05, 0.1) is 6.61 Å². The lowest BCUT2D eigenvalue weighted by Crippen LogP contribution is -2.30. The fourth-order valence-electron chi connectivity index (χ4n) is 6.45. The van der Waals surface area contributed by atoms with Gasteiger partial charge in [0.25, 0.3) is 0 Å². The Labute approximate surface area is 371 Å². The molecule has 0 aromatic rings. The normalized spacial score (nSPS) is 13.1. The number of hydrogen-bond acceptors (Lipinski definition) is 5. The first-order chi connectivity index (χ1) is 29.6. The standard InChI is InChI=1S/C55H92O5/c1-4-7-10-13-15-17-19-21-23-25-27-29-31-33-35-37-39-41-44-47-50-58-51-53(60-55(57)49-46-42-12-9-6-3)52-59-54(56)48-45-43-40-38-36-34-32-30-28-26-24-22-20-18-16-14-11-8-5-2/h8,11,15-18,21-24,28,30,34,36,40,43,53H,4-7,9-10,12-14,19-20,25-27,29,31-33,35,37-39,41-42,44-52H2,1-3H3/b11-8-,17-15-,18-16-,23-21-,24-22-,30-28-,36-34-,43-40-. The molecule has 0 aliphatic heterocycles. The van der Waals surface area contributed by atoms with Gasteiger partial charge < -0.3 is 14.2 Å². The van der Waals surface area contributed by atoms with E-state index in [0.717, 1.165) is 77.0 Å². The molecule has 0 amide bonds. The zero-order valence-electron chi connectivity index (χ0n) is 39.2. The zero-order chi connectivity index (χ0) is 43.5. The molecule has 0 aromatic carbocycles. The van der Waals surface area contributed by atoms with Gasteiger partial charge in [-0.05, 0) is 89.9 Å². The topological polar surface area (TPSA) is 61.8 Å². The Kier molecular flexibility index (Phi) is 47.5. The van der Waals surface area contributed by atoms with Gasteiger partial charge in [0.1, 0.15) is 6.61 Å². The highest BCUT2D eigenvalue weighted by Crippen LogP contribution is 2.13. The summed E-state index contributed by atoms with van der Waals surface area (Å²) in [6.45, 7) is 7.52. The van der Waals surface area contributed by atoms with Gasteiger partial charge in [0.15, 0.2) is 6.10 Å². The van der Waals surface area contributed by atoms with E-state index in [1.165, 1.54) is 96.3 Å². The molecule has 342 valence electrons. The van der Waals surface area contributed by atoms with Crippen LogP contribution >= 0.6 is 0 Å². The van der Waals surface area contributed by atoms with Crippen LogP contribution in [0.25, 0.3) is 0 Å². The Bertz CT molecular complexity index is 1170. The van der Waals surface area contributed by atoms with Gasteiger partial charge in [0.2, 0.25) is 0 Å². The van der Waals surface area contributed by atoms with E-state index in [4.69, 9.17) is 14.2 Å². The number of allylic oxidation sites excluding steroid dienone is 16. The fourth-order valence-corrected chi connectivity index (χ4v) is 6.45. The van der Waals surface area contributed by atoms with Gasteiger partial charge >= 0.3 is 11.9 Å². The van der Waals surface area contributed by atoms with Crippen molar-refractivity contribution in [1.29, 1.82) is 0 Å². The SMILES string of the molecule is CC/C=C\C/C=C\C/C=C\C/C=C\C/C=C\C/C=C\CCC(=O)OCC(COCCCCCCCCCCCC/C=C\C/C=C\CCCCC)OC(=O)CCCCCCC. The Morgan fingerprint density at radius 3 is 1.30 bits per heavy atom. The molecule has 0 aliphatic rings. The summed E-state index contributed by atoms with van der Waals surface area (Å²) in [6.07, 6.45) is 67.4. The van der Waals surface area contributed by atoms with Crippen molar-refractivity contribution in [1.82, 2.24) is 0 Å². The summed E-state index contributed by atoms with van der Waals surface area (Å²) in [5.74, 6) is -0.512. The third-order valence-corrected chi connectivity index (χ3v) is 10.1. The monoisotopic (exact) mass is 833 g/mol. The van der Waals surface area contributed by atoms with Crippen molar-refractivity contribution >= 4 is 11.9 Å². The molecule has 0 saturated heterocycles. The van der Waals surface area contributed by atoms with E-state index in [-0.39, 0.29) is 25.2 Å². The van der Waals surface area contributed by atoms with Crippen LogP contribution in [0.3, 0.4) is 0 Å². The van der Waals surface area contributed by atoms with Crippen LogP contribution in [0, 0.1) is 0 Å². The van der Waals surface area contributed by atoms with E-state index in [1.54, 1.807) is 0 Å². The van der Waals surface area contributed by atoms with E-state index in [2.05, 4.69) is 112 Å². The molecule has 5 nitrogen and oxygen atoms in total. The molecule has 0 heterocycles. The number of hydrogen-bond donors (Lipinski definition) is 0. The molecule has 0 N–H and O–H groups in total. The van der Waals surface area contributed by atoms with Crippen molar-refractivity contribution < 1.29 is 23.8 Å². The largest absolute Gasteiger partial charge is 0.462 e.